The van der Waals surface area contributed by atoms with E-state index in [1.807, 2.05) is 27.7 Å². The van der Waals surface area contributed by atoms with Gasteiger partial charge in [0.1, 0.15) is 11.1 Å². The summed E-state index contributed by atoms with van der Waals surface area (Å²) in [6.45, 7) is 13.4. The van der Waals surface area contributed by atoms with Gasteiger partial charge < -0.3 is 20.7 Å². The molecule has 3 N–H and O–H groups in total. The molecule has 3 rings (SSSR count). The summed E-state index contributed by atoms with van der Waals surface area (Å²) in [7, 11) is 0. The van der Waals surface area contributed by atoms with Crippen LogP contribution in [0.15, 0.2) is 24.4 Å². The van der Waals surface area contributed by atoms with Gasteiger partial charge in [-0.05, 0) is 73.1 Å². The quantitative estimate of drug-likeness (QED) is 0.296. The highest BCUT2D eigenvalue weighted by Gasteiger charge is 2.31. The van der Waals surface area contributed by atoms with Crippen LogP contribution in [0, 0.1) is 0 Å². The normalized spacial score (nSPS) is 13.3. The molecule has 0 radical (unpaired) electrons. The molecule has 38 heavy (non-hydrogen) atoms. The molecule has 9 nitrogen and oxygen atoms in total. The molecule has 1 aromatic carbocycles. The smallest absolute Gasteiger partial charge is 0.416 e. The van der Waals surface area contributed by atoms with E-state index < -0.39 is 23.4 Å². The number of nitrogens with one attached hydrogen (secondary N) is 3. The van der Waals surface area contributed by atoms with Crippen molar-refractivity contribution in [3.63, 3.8) is 0 Å². The van der Waals surface area contributed by atoms with E-state index in [-0.39, 0.29) is 28.2 Å². The van der Waals surface area contributed by atoms with Crippen LogP contribution in [-0.2, 0) is 17.5 Å². The van der Waals surface area contributed by atoms with E-state index in [4.69, 9.17) is 16.3 Å². The van der Waals surface area contributed by atoms with Crippen molar-refractivity contribution in [1.82, 2.24) is 24.8 Å². The van der Waals surface area contributed by atoms with Crippen LogP contribution in [0.25, 0.3) is 11.2 Å². The van der Waals surface area contributed by atoms with E-state index in [0.29, 0.717) is 30.1 Å². The van der Waals surface area contributed by atoms with Crippen LogP contribution in [0.1, 0.15) is 60.5 Å². The van der Waals surface area contributed by atoms with Gasteiger partial charge >= 0.3 is 12.3 Å². The number of aromatic nitrogens is 4. The largest absolute Gasteiger partial charge is 0.444 e. The summed E-state index contributed by atoms with van der Waals surface area (Å²) in [5, 5.41) is 8.86. The van der Waals surface area contributed by atoms with Crippen LogP contribution in [0.5, 0.6) is 0 Å². The third kappa shape index (κ3) is 8.37. The highest BCUT2D eigenvalue weighted by atomic mass is 35.5. The summed E-state index contributed by atoms with van der Waals surface area (Å²) >= 11 is 5.97. The third-order valence-electron chi connectivity index (χ3n) is 5.00. The molecule has 0 saturated carbocycles. The fourth-order valence-corrected chi connectivity index (χ4v) is 3.71. The maximum absolute atomic E-state index is 13.4. The van der Waals surface area contributed by atoms with Gasteiger partial charge in [-0.3, -0.25) is 4.57 Å². The van der Waals surface area contributed by atoms with E-state index >= 15 is 0 Å². The standard InChI is InChI=1S/C25H33ClF3N7O2/c1-14(31-22(37)38-24(5,6)7)8-9-36-19-18(13-30-20(34-19)35-23(2,3)4)33-21(36)32-17-11-15(25(27,28)29)10-16(26)12-17/h10-14H,8-9H2,1-7H3,(H,31,37)(H,32,33)(H,30,34,35). The first kappa shape index (κ1) is 29.3. The lowest BCUT2D eigenvalue weighted by Crippen LogP contribution is -2.38. The van der Waals surface area contributed by atoms with Crippen molar-refractivity contribution in [3.8, 4) is 0 Å². The number of anilines is 3. The zero-order chi connectivity index (χ0) is 28.5. The number of carbonyl (C=O) groups is 1. The van der Waals surface area contributed by atoms with E-state index in [1.54, 1.807) is 31.5 Å². The van der Waals surface area contributed by atoms with E-state index in [9.17, 15) is 18.0 Å². The molecule has 2 aromatic heterocycles. The Labute approximate surface area is 224 Å². The number of alkyl carbamates (subject to hydrolysis) is 1. The summed E-state index contributed by atoms with van der Waals surface area (Å²) in [6.07, 6.45) is -3.12. The van der Waals surface area contributed by atoms with Gasteiger partial charge in [-0.25, -0.2) is 14.8 Å². The molecule has 2 heterocycles. The number of amides is 1. The van der Waals surface area contributed by atoms with Crippen molar-refractivity contribution in [2.45, 2.75) is 84.8 Å². The molecule has 208 valence electrons. The zero-order valence-electron chi connectivity index (χ0n) is 22.4. The first-order valence-corrected chi connectivity index (χ1v) is 12.4. The Balaban J connectivity index is 1.94. The molecule has 0 aliphatic heterocycles. The van der Waals surface area contributed by atoms with Crippen LogP contribution in [0.3, 0.4) is 0 Å². The average molecular weight is 556 g/mol. The maximum atomic E-state index is 13.4. The summed E-state index contributed by atoms with van der Waals surface area (Å²) in [4.78, 5) is 25.6. The number of hydrogen-bond acceptors (Lipinski definition) is 7. The fourth-order valence-electron chi connectivity index (χ4n) is 3.48. The number of imidazole rings is 1. The van der Waals surface area contributed by atoms with Crippen molar-refractivity contribution in [3.05, 3.63) is 35.0 Å². The van der Waals surface area contributed by atoms with Gasteiger partial charge in [-0.15, -0.1) is 0 Å². The van der Waals surface area contributed by atoms with Gasteiger partial charge in [-0.2, -0.15) is 18.2 Å². The van der Waals surface area contributed by atoms with Crippen LogP contribution >= 0.6 is 11.6 Å². The molecule has 0 aliphatic carbocycles. The van der Waals surface area contributed by atoms with E-state index in [1.165, 1.54) is 6.07 Å². The lowest BCUT2D eigenvalue weighted by atomic mass is 10.1. The molecular weight excluding hydrogens is 523 g/mol. The summed E-state index contributed by atoms with van der Waals surface area (Å²) < 4.78 is 47.1. The fraction of sp³-hybridized carbons (Fsp3) is 0.520. The Morgan fingerprint density at radius 1 is 1.11 bits per heavy atom. The molecule has 0 spiro atoms. The molecule has 1 atom stereocenters. The van der Waals surface area contributed by atoms with Crippen LogP contribution in [0.4, 0.5) is 35.5 Å². The van der Waals surface area contributed by atoms with E-state index in [0.717, 1.165) is 12.1 Å². The number of fused-ring (bicyclic) bond motifs is 1. The molecule has 0 saturated heterocycles. The Hall–Kier alpha value is -3.28. The summed E-state index contributed by atoms with van der Waals surface area (Å²) in [5.74, 6) is 0.627. The Bertz CT molecular complexity index is 1300. The minimum absolute atomic E-state index is 0.0726. The second kappa shape index (κ2) is 10.8. The number of rotatable bonds is 7. The maximum Gasteiger partial charge on any atom is 0.416 e. The van der Waals surface area contributed by atoms with Crippen molar-refractivity contribution in [2.75, 3.05) is 10.6 Å². The monoisotopic (exact) mass is 555 g/mol. The van der Waals surface area contributed by atoms with Gasteiger partial charge in [0.05, 0.1) is 11.8 Å². The van der Waals surface area contributed by atoms with Gasteiger partial charge in [0.15, 0.2) is 5.65 Å². The minimum atomic E-state index is -4.57. The predicted molar refractivity (Wildman–Crippen MR) is 142 cm³/mol. The first-order chi connectivity index (χ1) is 17.4. The van der Waals surface area contributed by atoms with Crippen LogP contribution in [0.2, 0.25) is 5.02 Å². The van der Waals surface area contributed by atoms with Gasteiger partial charge in [0, 0.05) is 28.8 Å². The minimum Gasteiger partial charge on any atom is -0.444 e. The molecule has 13 heteroatoms. The number of alkyl halides is 3. The van der Waals surface area contributed by atoms with Crippen molar-refractivity contribution in [1.29, 1.82) is 0 Å². The van der Waals surface area contributed by atoms with E-state index in [2.05, 4.69) is 30.9 Å². The lowest BCUT2D eigenvalue weighted by Gasteiger charge is -2.22. The van der Waals surface area contributed by atoms with Gasteiger partial charge in [0.2, 0.25) is 11.9 Å². The molecule has 0 bridgehead atoms. The molecule has 3 aromatic rings. The topological polar surface area (TPSA) is 106 Å². The zero-order valence-corrected chi connectivity index (χ0v) is 23.2. The highest BCUT2D eigenvalue weighted by molar-refractivity contribution is 6.31. The first-order valence-electron chi connectivity index (χ1n) is 12.1. The number of benzene rings is 1. The number of nitrogens with zero attached hydrogens (tertiary/aromatic N) is 4. The number of ether oxygens (including phenoxy) is 1. The number of carbonyl (C=O) groups excluding carboxylic acids is 1. The van der Waals surface area contributed by atoms with Crippen LogP contribution in [-0.4, -0.2) is 42.8 Å². The third-order valence-corrected chi connectivity index (χ3v) is 5.22. The molecule has 0 fully saturated rings. The van der Waals surface area contributed by atoms with Gasteiger partial charge in [0.25, 0.3) is 0 Å². The number of hydrogen-bond donors (Lipinski definition) is 3. The van der Waals surface area contributed by atoms with Crippen molar-refractivity contribution < 1.29 is 22.7 Å². The second-order valence-corrected chi connectivity index (χ2v) is 11.5. The lowest BCUT2D eigenvalue weighted by molar-refractivity contribution is -0.137. The number of aryl methyl sites for hydroxylation is 1. The summed E-state index contributed by atoms with van der Waals surface area (Å²) in [6, 6.07) is 2.91. The number of halogens is 4. The molecule has 1 unspecified atom stereocenters. The molecule has 1 amide bonds. The summed E-state index contributed by atoms with van der Waals surface area (Å²) in [5.41, 5.74) is -0.805. The molecule has 0 aliphatic rings. The Morgan fingerprint density at radius 2 is 1.79 bits per heavy atom. The SMILES string of the molecule is CC(CCn1c(Nc2cc(Cl)cc(C(F)(F)F)c2)nc2cnc(NC(C)(C)C)nc21)NC(=O)OC(C)(C)C. The van der Waals surface area contributed by atoms with Crippen molar-refractivity contribution in [2.24, 2.45) is 0 Å². The predicted octanol–water partition coefficient (Wildman–Crippen LogP) is 6.76. The average Bonchev–Trinajstić information content (AvgIpc) is 3.04. The van der Waals surface area contributed by atoms with Gasteiger partial charge in [-0.1, -0.05) is 11.6 Å². The Morgan fingerprint density at radius 3 is 2.39 bits per heavy atom. The Kier molecular flexibility index (Phi) is 8.35. The van der Waals surface area contributed by atoms with Crippen molar-refractivity contribution >= 4 is 46.4 Å². The van der Waals surface area contributed by atoms with Crippen LogP contribution < -0.4 is 16.0 Å². The molecular formula is C25H33ClF3N7O2. The second-order valence-electron chi connectivity index (χ2n) is 11.1. The highest BCUT2D eigenvalue weighted by Crippen LogP contribution is 2.34.